The maximum absolute atomic E-state index is 12.5. The minimum atomic E-state index is -3.65. The number of nitrogens with zero attached hydrogens (tertiary/aromatic N) is 1. The van der Waals surface area contributed by atoms with E-state index in [0.717, 1.165) is 24.2 Å². The van der Waals surface area contributed by atoms with Crippen LogP contribution in [0, 0.1) is 0 Å². The maximum Gasteiger partial charge on any atom is 0.263 e. The number of rotatable bonds is 8. The van der Waals surface area contributed by atoms with Gasteiger partial charge in [0, 0.05) is 6.54 Å². The molecule has 0 bridgehead atoms. The van der Waals surface area contributed by atoms with E-state index in [-0.39, 0.29) is 10.3 Å². The minimum absolute atomic E-state index is 0.0166. The van der Waals surface area contributed by atoms with Crippen molar-refractivity contribution in [2.24, 2.45) is 0 Å². The predicted octanol–water partition coefficient (Wildman–Crippen LogP) is 4.78. The molecule has 2 aromatic rings. The zero-order chi connectivity index (χ0) is 19.2. The summed E-state index contributed by atoms with van der Waals surface area (Å²) in [5.41, 5.74) is 1.96. The van der Waals surface area contributed by atoms with Gasteiger partial charge in [0.15, 0.2) is 0 Å². The van der Waals surface area contributed by atoms with Crippen LogP contribution in [0.3, 0.4) is 0 Å². The molecule has 0 aliphatic rings. The Morgan fingerprint density at radius 2 is 1.69 bits per heavy atom. The molecule has 0 atom stereocenters. The van der Waals surface area contributed by atoms with E-state index < -0.39 is 10.0 Å². The summed E-state index contributed by atoms with van der Waals surface area (Å²) >= 11 is 0. The number of sulfonamides is 1. The van der Waals surface area contributed by atoms with Crippen LogP contribution in [-0.2, 0) is 15.4 Å². The van der Waals surface area contributed by atoms with Crippen LogP contribution in [0.4, 0.5) is 11.5 Å². The Morgan fingerprint density at radius 3 is 2.23 bits per heavy atom. The van der Waals surface area contributed by atoms with Crippen LogP contribution in [0.5, 0.6) is 0 Å². The molecular formula is C20H29N3O2S. The number of pyridine rings is 1. The SMILES string of the molecule is CCCCCNc1ccc(NS(=O)(=O)c2ccc(C(C)(C)C)cc2)nc1. The molecule has 0 radical (unpaired) electrons. The molecule has 0 aliphatic heterocycles. The third-order valence-corrected chi connectivity index (χ3v) is 5.51. The number of anilines is 2. The topological polar surface area (TPSA) is 71.1 Å². The molecule has 2 N–H and O–H groups in total. The van der Waals surface area contributed by atoms with Gasteiger partial charge in [-0.25, -0.2) is 13.4 Å². The van der Waals surface area contributed by atoms with E-state index in [9.17, 15) is 8.42 Å². The lowest BCUT2D eigenvalue weighted by atomic mass is 9.87. The molecule has 6 heteroatoms. The third kappa shape index (κ3) is 5.73. The van der Waals surface area contributed by atoms with Gasteiger partial charge in [-0.1, -0.05) is 52.7 Å². The quantitative estimate of drug-likeness (QED) is 0.651. The van der Waals surface area contributed by atoms with E-state index in [4.69, 9.17) is 0 Å². The van der Waals surface area contributed by atoms with Crippen LogP contribution in [0.25, 0.3) is 0 Å². The zero-order valence-corrected chi connectivity index (χ0v) is 16.9. The predicted molar refractivity (Wildman–Crippen MR) is 108 cm³/mol. The van der Waals surface area contributed by atoms with Crippen molar-refractivity contribution < 1.29 is 8.42 Å². The lowest BCUT2D eigenvalue weighted by molar-refractivity contribution is 0.587. The fraction of sp³-hybridized carbons (Fsp3) is 0.450. The lowest BCUT2D eigenvalue weighted by Gasteiger charge is -2.19. The van der Waals surface area contributed by atoms with Crippen LogP contribution in [0.15, 0.2) is 47.5 Å². The Hall–Kier alpha value is -2.08. The molecule has 26 heavy (non-hydrogen) atoms. The van der Waals surface area contributed by atoms with E-state index >= 15 is 0 Å². The van der Waals surface area contributed by atoms with Gasteiger partial charge in [-0.3, -0.25) is 4.72 Å². The first-order valence-electron chi connectivity index (χ1n) is 9.05. The Labute approximate surface area is 157 Å². The van der Waals surface area contributed by atoms with Gasteiger partial charge in [-0.2, -0.15) is 0 Å². The molecular weight excluding hydrogens is 346 g/mol. The van der Waals surface area contributed by atoms with Gasteiger partial charge < -0.3 is 5.32 Å². The lowest BCUT2D eigenvalue weighted by Crippen LogP contribution is -2.15. The largest absolute Gasteiger partial charge is 0.384 e. The molecule has 0 saturated heterocycles. The zero-order valence-electron chi connectivity index (χ0n) is 16.0. The summed E-state index contributed by atoms with van der Waals surface area (Å²) in [6.07, 6.45) is 5.12. The molecule has 2 rings (SSSR count). The van der Waals surface area contributed by atoms with Crippen molar-refractivity contribution in [2.45, 2.75) is 57.3 Å². The Balaban J connectivity index is 2.02. The Kier molecular flexibility index (Phi) is 6.64. The molecule has 5 nitrogen and oxygen atoms in total. The highest BCUT2D eigenvalue weighted by Gasteiger charge is 2.18. The summed E-state index contributed by atoms with van der Waals surface area (Å²) in [5.74, 6) is 0.309. The van der Waals surface area contributed by atoms with Crippen molar-refractivity contribution in [1.82, 2.24) is 4.98 Å². The number of unbranched alkanes of at least 4 members (excludes halogenated alkanes) is 2. The Bertz CT molecular complexity index is 792. The van der Waals surface area contributed by atoms with Crippen molar-refractivity contribution in [3.05, 3.63) is 48.2 Å². The highest BCUT2D eigenvalue weighted by Crippen LogP contribution is 2.24. The number of hydrogen-bond donors (Lipinski definition) is 2. The fourth-order valence-corrected chi connectivity index (χ4v) is 3.51. The number of aromatic nitrogens is 1. The van der Waals surface area contributed by atoms with Crippen molar-refractivity contribution in [3.63, 3.8) is 0 Å². The second-order valence-electron chi connectivity index (χ2n) is 7.45. The van der Waals surface area contributed by atoms with Gasteiger partial charge in [-0.15, -0.1) is 0 Å². The second kappa shape index (κ2) is 8.54. The average Bonchev–Trinajstić information content (AvgIpc) is 2.59. The third-order valence-electron chi connectivity index (χ3n) is 4.14. The summed E-state index contributed by atoms with van der Waals surface area (Å²) < 4.78 is 27.6. The first-order chi connectivity index (χ1) is 12.2. The molecule has 0 fully saturated rings. The van der Waals surface area contributed by atoms with Crippen LogP contribution >= 0.6 is 0 Å². The summed E-state index contributed by atoms with van der Waals surface area (Å²) in [5, 5.41) is 3.28. The molecule has 0 amide bonds. The summed E-state index contributed by atoms with van der Waals surface area (Å²) in [6.45, 7) is 9.34. The van der Waals surface area contributed by atoms with Gasteiger partial charge in [-0.05, 0) is 41.7 Å². The van der Waals surface area contributed by atoms with E-state index in [2.05, 4.69) is 42.7 Å². The van der Waals surface area contributed by atoms with Crippen LogP contribution in [-0.4, -0.2) is 19.9 Å². The van der Waals surface area contributed by atoms with E-state index in [1.54, 1.807) is 24.4 Å². The fourth-order valence-electron chi connectivity index (χ4n) is 2.50. The van der Waals surface area contributed by atoms with Gasteiger partial charge in [0.25, 0.3) is 10.0 Å². The number of hydrogen-bond acceptors (Lipinski definition) is 4. The Morgan fingerprint density at radius 1 is 1.00 bits per heavy atom. The summed E-state index contributed by atoms with van der Waals surface area (Å²) in [6, 6.07) is 10.5. The van der Waals surface area contributed by atoms with Gasteiger partial charge in [0.2, 0.25) is 0 Å². The second-order valence-corrected chi connectivity index (χ2v) is 9.13. The van der Waals surface area contributed by atoms with Crippen molar-refractivity contribution in [3.8, 4) is 0 Å². The van der Waals surface area contributed by atoms with Crippen molar-refractivity contribution in [2.75, 3.05) is 16.6 Å². The number of nitrogens with one attached hydrogen (secondary N) is 2. The van der Waals surface area contributed by atoms with E-state index in [1.807, 2.05) is 18.2 Å². The van der Waals surface area contributed by atoms with Gasteiger partial charge >= 0.3 is 0 Å². The molecule has 0 aliphatic carbocycles. The highest BCUT2D eigenvalue weighted by molar-refractivity contribution is 7.92. The van der Waals surface area contributed by atoms with Gasteiger partial charge in [0.1, 0.15) is 5.82 Å². The van der Waals surface area contributed by atoms with E-state index in [1.165, 1.54) is 12.8 Å². The summed E-state index contributed by atoms with van der Waals surface area (Å²) in [4.78, 5) is 4.42. The highest BCUT2D eigenvalue weighted by atomic mass is 32.2. The molecule has 0 unspecified atom stereocenters. The molecule has 0 spiro atoms. The monoisotopic (exact) mass is 375 g/mol. The normalized spacial score (nSPS) is 12.0. The summed E-state index contributed by atoms with van der Waals surface area (Å²) in [7, 11) is -3.65. The molecule has 1 heterocycles. The van der Waals surface area contributed by atoms with Crippen LogP contribution < -0.4 is 10.0 Å². The van der Waals surface area contributed by atoms with E-state index in [0.29, 0.717) is 5.82 Å². The first-order valence-corrected chi connectivity index (χ1v) is 10.5. The van der Waals surface area contributed by atoms with Crippen molar-refractivity contribution >= 4 is 21.5 Å². The number of benzene rings is 1. The minimum Gasteiger partial charge on any atom is -0.384 e. The average molecular weight is 376 g/mol. The standard InChI is InChI=1S/C20H29N3O2S/c1-5-6-7-14-21-17-10-13-19(22-15-17)23-26(24,25)18-11-8-16(9-12-18)20(2,3)4/h8-13,15,21H,5-7,14H2,1-4H3,(H,22,23). The van der Waals surface area contributed by atoms with Gasteiger partial charge in [0.05, 0.1) is 16.8 Å². The molecule has 1 aromatic heterocycles. The maximum atomic E-state index is 12.5. The van der Waals surface area contributed by atoms with Crippen LogP contribution in [0.2, 0.25) is 0 Å². The smallest absolute Gasteiger partial charge is 0.263 e. The molecule has 0 saturated carbocycles. The molecule has 1 aromatic carbocycles. The van der Waals surface area contributed by atoms with Crippen molar-refractivity contribution in [1.29, 1.82) is 0 Å². The first kappa shape index (κ1) is 20.2. The van der Waals surface area contributed by atoms with Crippen LogP contribution in [0.1, 0.15) is 52.5 Å². The molecule has 142 valence electrons.